The van der Waals surface area contributed by atoms with Crippen molar-refractivity contribution in [1.82, 2.24) is 20.2 Å². The van der Waals surface area contributed by atoms with Crippen molar-refractivity contribution in [3.05, 3.63) is 46.2 Å². The number of thiazole rings is 1. The largest absolute Gasteiger partial charge is 0.314 e. The molecular formula is C15H21ClN4S. The zero-order valence-corrected chi connectivity index (χ0v) is 13.8. The minimum Gasteiger partial charge on any atom is -0.314 e. The van der Waals surface area contributed by atoms with Gasteiger partial charge in [-0.1, -0.05) is 6.92 Å². The smallest absolute Gasteiger partial charge is 0.0925 e. The maximum Gasteiger partial charge on any atom is 0.0925 e. The first-order chi connectivity index (χ1) is 9.86. The lowest BCUT2D eigenvalue weighted by molar-refractivity contribution is 0.155. The van der Waals surface area contributed by atoms with Gasteiger partial charge in [0, 0.05) is 55.7 Å². The quantitative estimate of drug-likeness (QED) is 0.938. The standard InChI is InChI=1S/C15H20N4S.ClH/c1-2-15-18-9-13(20-15)11-19-8-7-17-10-14(19)12-3-5-16-6-4-12;/h3-6,9,14,17H,2,7-8,10-11H2,1H3;1H. The summed E-state index contributed by atoms with van der Waals surface area (Å²) in [5.41, 5.74) is 1.34. The highest BCUT2D eigenvalue weighted by atomic mass is 35.5. The molecule has 1 atom stereocenters. The first kappa shape index (κ1) is 16.4. The lowest BCUT2D eigenvalue weighted by Gasteiger charge is -2.36. The van der Waals surface area contributed by atoms with Crippen LogP contribution in [0.1, 0.15) is 28.4 Å². The Bertz CT molecular complexity index is 546. The van der Waals surface area contributed by atoms with Crippen molar-refractivity contribution in [3.8, 4) is 0 Å². The first-order valence-corrected chi connectivity index (χ1v) is 7.96. The Hall–Kier alpha value is -1.01. The van der Waals surface area contributed by atoms with Crippen molar-refractivity contribution in [3.63, 3.8) is 0 Å². The third kappa shape index (κ3) is 4.01. The van der Waals surface area contributed by atoms with E-state index >= 15 is 0 Å². The first-order valence-electron chi connectivity index (χ1n) is 7.15. The molecule has 1 N–H and O–H groups in total. The molecule has 0 radical (unpaired) electrons. The van der Waals surface area contributed by atoms with Crippen molar-refractivity contribution in [2.75, 3.05) is 19.6 Å². The van der Waals surface area contributed by atoms with Crippen LogP contribution in [0.4, 0.5) is 0 Å². The van der Waals surface area contributed by atoms with Gasteiger partial charge in [-0.05, 0) is 24.1 Å². The highest BCUT2D eigenvalue weighted by Crippen LogP contribution is 2.25. The fourth-order valence-electron chi connectivity index (χ4n) is 2.63. The van der Waals surface area contributed by atoms with Gasteiger partial charge in [0.2, 0.25) is 0 Å². The molecule has 21 heavy (non-hydrogen) atoms. The third-order valence-corrected chi connectivity index (χ3v) is 4.83. The SMILES string of the molecule is CCc1ncc(CN2CCNCC2c2ccncc2)s1.Cl. The summed E-state index contributed by atoms with van der Waals surface area (Å²) in [5.74, 6) is 0. The maximum absolute atomic E-state index is 4.46. The number of rotatable bonds is 4. The highest BCUT2D eigenvalue weighted by molar-refractivity contribution is 7.11. The van der Waals surface area contributed by atoms with Crippen LogP contribution in [0.3, 0.4) is 0 Å². The zero-order chi connectivity index (χ0) is 13.8. The molecule has 1 saturated heterocycles. The molecule has 0 amide bonds. The molecule has 0 aliphatic carbocycles. The van der Waals surface area contributed by atoms with Crippen LogP contribution in [0.25, 0.3) is 0 Å². The Kier molecular flexibility index (Phi) is 6.11. The summed E-state index contributed by atoms with van der Waals surface area (Å²) in [6.07, 6.45) is 6.82. The van der Waals surface area contributed by atoms with E-state index in [9.17, 15) is 0 Å². The summed E-state index contributed by atoms with van der Waals surface area (Å²) in [4.78, 5) is 12.5. The topological polar surface area (TPSA) is 41.1 Å². The summed E-state index contributed by atoms with van der Waals surface area (Å²) in [7, 11) is 0. The van der Waals surface area contributed by atoms with Crippen molar-refractivity contribution in [2.45, 2.75) is 25.9 Å². The summed E-state index contributed by atoms with van der Waals surface area (Å²) in [6.45, 7) is 6.29. The molecular weight excluding hydrogens is 304 g/mol. The van der Waals surface area contributed by atoms with Gasteiger partial charge >= 0.3 is 0 Å². The number of nitrogens with one attached hydrogen (secondary N) is 1. The maximum atomic E-state index is 4.46. The summed E-state index contributed by atoms with van der Waals surface area (Å²) in [5, 5.41) is 4.72. The summed E-state index contributed by atoms with van der Waals surface area (Å²) < 4.78 is 0. The molecule has 0 spiro atoms. The molecule has 3 heterocycles. The molecule has 0 bridgehead atoms. The second-order valence-corrected chi connectivity index (χ2v) is 6.24. The second kappa shape index (κ2) is 7.84. The number of halogens is 1. The summed E-state index contributed by atoms with van der Waals surface area (Å²) in [6, 6.07) is 4.67. The molecule has 1 unspecified atom stereocenters. The van der Waals surface area contributed by atoms with Crippen molar-refractivity contribution in [2.24, 2.45) is 0 Å². The average Bonchev–Trinajstić information content (AvgIpc) is 2.96. The van der Waals surface area contributed by atoms with Gasteiger partial charge in [-0.2, -0.15) is 0 Å². The molecule has 2 aromatic rings. The van der Waals surface area contributed by atoms with Gasteiger partial charge in [0.05, 0.1) is 5.01 Å². The number of pyridine rings is 1. The van der Waals surface area contributed by atoms with Crippen LogP contribution in [-0.2, 0) is 13.0 Å². The van der Waals surface area contributed by atoms with E-state index in [1.165, 1.54) is 15.4 Å². The molecule has 4 nitrogen and oxygen atoms in total. The van der Waals surface area contributed by atoms with Gasteiger partial charge in [0.15, 0.2) is 0 Å². The molecule has 1 aliphatic rings. The molecule has 2 aromatic heterocycles. The fourth-order valence-corrected chi connectivity index (χ4v) is 3.52. The minimum absolute atomic E-state index is 0. The van der Waals surface area contributed by atoms with Crippen LogP contribution in [0.2, 0.25) is 0 Å². The van der Waals surface area contributed by atoms with E-state index < -0.39 is 0 Å². The second-order valence-electron chi connectivity index (χ2n) is 5.04. The monoisotopic (exact) mass is 324 g/mol. The van der Waals surface area contributed by atoms with Crippen LogP contribution < -0.4 is 5.32 Å². The highest BCUT2D eigenvalue weighted by Gasteiger charge is 2.24. The molecule has 1 aliphatic heterocycles. The molecule has 1 fully saturated rings. The number of nitrogens with zero attached hydrogens (tertiary/aromatic N) is 3. The lowest BCUT2D eigenvalue weighted by Crippen LogP contribution is -2.45. The van der Waals surface area contributed by atoms with E-state index in [4.69, 9.17) is 0 Å². The van der Waals surface area contributed by atoms with E-state index in [2.05, 4.69) is 39.2 Å². The van der Waals surface area contributed by atoms with Gasteiger partial charge < -0.3 is 5.32 Å². The van der Waals surface area contributed by atoms with Crippen molar-refractivity contribution < 1.29 is 0 Å². The molecule has 6 heteroatoms. The molecule has 3 rings (SSSR count). The Balaban J connectivity index is 0.00000161. The number of hydrogen-bond donors (Lipinski definition) is 1. The number of piperazine rings is 1. The van der Waals surface area contributed by atoms with E-state index in [0.717, 1.165) is 32.6 Å². The van der Waals surface area contributed by atoms with Gasteiger partial charge in [-0.15, -0.1) is 23.7 Å². The van der Waals surface area contributed by atoms with Crippen LogP contribution in [0.15, 0.2) is 30.7 Å². The molecule has 0 aromatic carbocycles. The van der Waals surface area contributed by atoms with Crippen LogP contribution in [0, 0.1) is 0 Å². The number of aromatic nitrogens is 2. The van der Waals surface area contributed by atoms with Crippen molar-refractivity contribution in [1.29, 1.82) is 0 Å². The van der Waals surface area contributed by atoms with Crippen molar-refractivity contribution >= 4 is 23.7 Å². The van der Waals surface area contributed by atoms with E-state index in [0.29, 0.717) is 6.04 Å². The Labute approximate surface area is 136 Å². The van der Waals surface area contributed by atoms with Crippen LogP contribution >= 0.6 is 23.7 Å². The fraction of sp³-hybridized carbons (Fsp3) is 0.467. The Morgan fingerprint density at radius 3 is 2.90 bits per heavy atom. The van der Waals surface area contributed by atoms with Gasteiger partial charge in [-0.25, -0.2) is 4.98 Å². The molecule has 114 valence electrons. The number of aryl methyl sites for hydroxylation is 1. The van der Waals surface area contributed by atoms with Gasteiger partial charge in [0.1, 0.15) is 0 Å². The Morgan fingerprint density at radius 1 is 1.38 bits per heavy atom. The van der Waals surface area contributed by atoms with Gasteiger partial charge in [0.25, 0.3) is 0 Å². The van der Waals surface area contributed by atoms with E-state index in [1.54, 1.807) is 0 Å². The van der Waals surface area contributed by atoms with E-state index in [1.807, 2.05) is 29.9 Å². The summed E-state index contributed by atoms with van der Waals surface area (Å²) >= 11 is 1.84. The van der Waals surface area contributed by atoms with Gasteiger partial charge in [-0.3, -0.25) is 9.88 Å². The van der Waals surface area contributed by atoms with Crippen LogP contribution in [-0.4, -0.2) is 34.5 Å². The molecule has 0 saturated carbocycles. The number of hydrogen-bond acceptors (Lipinski definition) is 5. The predicted octanol–water partition coefficient (Wildman–Crippen LogP) is 2.67. The van der Waals surface area contributed by atoms with Crippen LogP contribution in [0.5, 0.6) is 0 Å². The predicted molar refractivity (Wildman–Crippen MR) is 89.0 cm³/mol. The Morgan fingerprint density at radius 2 is 2.19 bits per heavy atom. The zero-order valence-electron chi connectivity index (χ0n) is 12.2. The normalized spacial score (nSPS) is 19.2. The minimum atomic E-state index is 0. The van der Waals surface area contributed by atoms with E-state index in [-0.39, 0.29) is 12.4 Å². The third-order valence-electron chi connectivity index (χ3n) is 3.71. The lowest BCUT2D eigenvalue weighted by atomic mass is 10.0. The average molecular weight is 325 g/mol.